The van der Waals surface area contributed by atoms with Gasteiger partial charge in [0.05, 0.1) is 6.42 Å². The summed E-state index contributed by atoms with van der Waals surface area (Å²) < 4.78 is 0. The zero-order valence-electron chi connectivity index (χ0n) is 27.3. The third-order valence-corrected chi connectivity index (χ3v) is 9.88. The van der Waals surface area contributed by atoms with Crippen molar-refractivity contribution in [3.63, 3.8) is 0 Å². The van der Waals surface area contributed by atoms with E-state index in [0.717, 1.165) is 90.1 Å². The van der Waals surface area contributed by atoms with Crippen LogP contribution in [0.2, 0.25) is 0 Å². The highest BCUT2D eigenvalue weighted by Gasteiger charge is 2.26. The van der Waals surface area contributed by atoms with Crippen LogP contribution in [0, 0.1) is 27.7 Å². The van der Waals surface area contributed by atoms with Gasteiger partial charge in [-0.15, -0.1) is 0 Å². The lowest BCUT2D eigenvalue weighted by Crippen LogP contribution is -2.06. The smallest absolute Gasteiger partial charge is 0.303 e. The van der Waals surface area contributed by atoms with Crippen molar-refractivity contribution in [3.05, 3.63) is 96.6 Å². The highest BCUT2D eigenvalue weighted by molar-refractivity contribution is 5.69. The van der Waals surface area contributed by atoms with E-state index in [-0.39, 0.29) is 25.2 Å². The van der Waals surface area contributed by atoms with Crippen molar-refractivity contribution >= 4 is 24.0 Å². The standard InChI is InChI=1S/C36H44N4O6/c1-7-22-18(3)25-13-26-19(4)23(8-10-33(41)42)30(38-26)16-31-24(9-11-34(43)44)20(5)27(39-31)15-32-36(17(2)12-35(45)46)21(6)28(40-32)14-29(22)37-25/h7,17,37-40H,1,8-16H2,2-6H3,(H,41,42)(H,43,44)(H,45,46). The van der Waals surface area contributed by atoms with Gasteiger partial charge in [0.2, 0.25) is 0 Å². The lowest BCUT2D eigenvalue weighted by molar-refractivity contribution is -0.138. The minimum atomic E-state index is -0.875. The molecule has 8 bridgehead atoms. The van der Waals surface area contributed by atoms with Crippen molar-refractivity contribution in [3.8, 4) is 0 Å². The second-order valence-electron chi connectivity index (χ2n) is 12.8. The maximum absolute atomic E-state index is 11.8. The number of H-pyrrole nitrogens is 4. The first-order valence-corrected chi connectivity index (χ1v) is 15.9. The minimum absolute atomic E-state index is 0.00102. The summed E-state index contributed by atoms with van der Waals surface area (Å²) in [4.78, 5) is 49.7. The van der Waals surface area contributed by atoms with Crippen LogP contribution in [0.4, 0.5) is 0 Å². The van der Waals surface area contributed by atoms with Gasteiger partial charge >= 0.3 is 17.9 Å². The van der Waals surface area contributed by atoms with Crippen molar-refractivity contribution in [2.75, 3.05) is 0 Å². The SMILES string of the molecule is C=Cc1c2[nH]c(c1C)Cc1[nH]c(c(CCC(=O)O)c1C)Cc1[nH]c(c(C)c1CCC(=O)O)Cc1[nH]c(c(C)c1C(C)CC(=O)O)C2. The van der Waals surface area contributed by atoms with E-state index < -0.39 is 17.9 Å². The van der Waals surface area contributed by atoms with Gasteiger partial charge in [-0.05, 0) is 91.0 Å². The van der Waals surface area contributed by atoms with Crippen molar-refractivity contribution in [1.82, 2.24) is 19.9 Å². The van der Waals surface area contributed by atoms with Crippen molar-refractivity contribution in [1.29, 1.82) is 0 Å². The fourth-order valence-corrected chi connectivity index (χ4v) is 7.43. The Labute approximate surface area is 268 Å². The molecule has 0 saturated heterocycles. The van der Waals surface area contributed by atoms with E-state index in [2.05, 4.69) is 40.4 Å². The van der Waals surface area contributed by atoms with Crippen molar-refractivity contribution < 1.29 is 29.7 Å². The summed E-state index contributed by atoms with van der Waals surface area (Å²) >= 11 is 0. The molecular weight excluding hydrogens is 584 g/mol. The first kappa shape index (κ1) is 32.7. The molecule has 0 saturated carbocycles. The third kappa shape index (κ3) is 6.34. The Morgan fingerprint density at radius 1 is 0.630 bits per heavy atom. The number of carboxylic acids is 3. The monoisotopic (exact) mass is 628 g/mol. The molecule has 0 fully saturated rings. The summed E-state index contributed by atoms with van der Waals surface area (Å²) in [5.74, 6) is -2.82. The Kier molecular flexibility index (Phi) is 9.19. The minimum Gasteiger partial charge on any atom is -0.481 e. The highest BCUT2D eigenvalue weighted by Crippen LogP contribution is 2.35. The molecule has 46 heavy (non-hydrogen) atoms. The Bertz CT molecular complexity index is 1850. The van der Waals surface area contributed by atoms with Crippen LogP contribution >= 0.6 is 0 Å². The Morgan fingerprint density at radius 3 is 1.54 bits per heavy atom. The number of aromatic amines is 4. The number of rotatable bonds is 10. The van der Waals surface area contributed by atoms with Crippen LogP contribution in [0.25, 0.3) is 6.08 Å². The normalized spacial score (nSPS) is 13.5. The highest BCUT2D eigenvalue weighted by atomic mass is 16.4. The molecule has 1 unspecified atom stereocenters. The predicted molar refractivity (Wildman–Crippen MR) is 176 cm³/mol. The van der Waals surface area contributed by atoms with E-state index in [1.807, 2.05) is 26.8 Å². The predicted octanol–water partition coefficient (Wildman–Crippen LogP) is 6.16. The zero-order chi connectivity index (χ0) is 33.4. The van der Waals surface area contributed by atoms with E-state index in [0.29, 0.717) is 38.5 Å². The average Bonchev–Trinajstić information content (AvgIpc) is 3.63. The zero-order valence-corrected chi connectivity index (χ0v) is 27.3. The summed E-state index contributed by atoms with van der Waals surface area (Å²) in [6, 6.07) is 0. The molecule has 4 aromatic rings. The van der Waals surface area contributed by atoms with Crippen LogP contribution < -0.4 is 0 Å². The summed E-state index contributed by atoms with van der Waals surface area (Å²) in [5, 5.41) is 28.8. The van der Waals surface area contributed by atoms with Crippen LogP contribution in [0.5, 0.6) is 0 Å². The van der Waals surface area contributed by atoms with Gasteiger partial charge in [-0.3, -0.25) is 14.4 Å². The van der Waals surface area contributed by atoms with Crippen LogP contribution in [-0.2, 0) is 52.9 Å². The summed E-state index contributed by atoms with van der Waals surface area (Å²) in [7, 11) is 0. The molecule has 1 aliphatic rings. The maximum atomic E-state index is 11.8. The fraction of sp³-hybridized carbons (Fsp3) is 0.417. The molecule has 0 aliphatic carbocycles. The second-order valence-corrected chi connectivity index (χ2v) is 12.8. The van der Waals surface area contributed by atoms with Gasteiger partial charge in [0.15, 0.2) is 0 Å². The number of nitrogens with one attached hydrogen (secondary N) is 4. The molecule has 10 heteroatoms. The topological polar surface area (TPSA) is 175 Å². The number of fused-ring (bicyclic) bond motifs is 8. The molecule has 1 aliphatic heterocycles. The molecule has 5 heterocycles. The Morgan fingerprint density at radius 2 is 1.04 bits per heavy atom. The number of hydrogen-bond donors (Lipinski definition) is 7. The molecular formula is C36H44N4O6. The number of carbonyl (C=O) groups is 3. The number of aromatic nitrogens is 4. The number of aliphatic carboxylic acids is 3. The molecule has 7 N–H and O–H groups in total. The van der Waals surface area contributed by atoms with E-state index in [4.69, 9.17) is 0 Å². The molecule has 0 radical (unpaired) electrons. The Hall–Kier alpha value is -4.73. The fourth-order valence-electron chi connectivity index (χ4n) is 7.43. The van der Waals surface area contributed by atoms with Crippen LogP contribution in [0.3, 0.4) is 0 Å². The first-order valence-electron chi connectivity index (χ1n) is 15.9. The molecule has 244 valence electrons. The summed E-state index contributed by atoms with van der Waals surface area (Å²) in [6.45, 7) is 14.2. The van der Waals surface area contributed by atoms with E-state index >= 15 is 0 Å². The molecule has 0 amide bonds. The van der Waals surface area contributed by atoms with Gasteiger partial charge in [-0.25, -0.2) is 0 Å². The molecule has 4 aromatic heterocycles. The number of hydrogen-bond acceptors (Lipinski definition) is 3. The van der Waals surface area contributed by atoms with E-state index in [1.165, 1.54) is 0 Å². The van der Waals surface area contributed by atoms with E-state index in [1.54, 1.807) is 0 Å². The molecule has 0 spiro atoms. The van der Waals surface area contributed by atoms with Gasteiger partial charge < -0.3 is 35.3 Å². The lowest BCUT2D eigenvalue weighted by atomic mass is 9.91. The van der Waals surface area contributed by atoms with Gasteiger partial charge in [0.1, 0.15) is 0 Å². The third-order valence-electron chi connectivity index (χ3n) is 9.88. The van der Waals surface area contributed by atoms with E-state index in [9.17, 15) is 29.7 Å². The quantitative estimate of drug-likeness (QED) is 0.0974. The summed E-state index contributed by atoms with van der Waals surface area (Å²) in [6.07, 6.45) is 4.74. The molecule has 1 atom stereocenters. The first-order chi connectivity index (χ1) is 21.8. The van der Waals surface area contributed by atoms with Crippen molar-refractivity contribution in [2.45, 2.75) is 98.3 Å². The Balaban J connectivity index is 1.73. The van der Waals surface area contributed by atoms with Gasteiger partial charge in [-0.2, -0.15) is 0 Å². The maximum Gasteiger partial charge on any atom is 0.303 e. The molecule has 0 aromatic carbocycles. The second kappa shape index (κ2) is 12.9. The molecule has 5 rings (SSSR count). The molecule has 10 nitrogen and oxygen atoms in total. The van der Waals surface area contributed by atoms with Crippen molar-refractivity contribution in [2.24, 2.45) is 0 Å². The average molecular weight is 629 g/mol. The van der Waals surface area contributed by atoms with Gasteiger partial charge in [0.25, 0.3) is 0 Å². The van der Waals surface area contributed by atoms with Crippen LogP contribution in [0.1, 0.15) is 122 Å². The van der Waals surface area contributed by atoms with Gasteiger partial charge in [-0.1, -0.05) is 19.6 Å². The van der Waals surface area contributed by atoms with Gasteiger partial charge in [0, 0.05) is 84.1 Å². The van der Waals surface area contributed by atoms with Crippen LogP contribution in [0.15, 0.2) is 6.58 Å². The van der Waals surface area contributed by atoms with Crippen LogP contribution in [-0.4, -0.2) is 53.2 Å². The lowest BCUT2D eigenvalue weighted by Gasteiger charge is -2.13. The number of carboxylic acid groups (broad SMARTS) is 3. The largest absolute Gasteiger partial charge is 0.481 e. The summed E-state index contributed by atoms with van der Waals surface area (Å²) in [5.41, 5.74) is 15.9.